The molecular formula is C19H29NOSi. The van der Waals surface area contributed by atoms with Gasteiger partial charge in [0.1, 0.15) is 0 Å². The van der Waals surface area contributed by atoms with E-state index in [2.05, 4.69) is 76.5 Å². The molecule has 120 valence electrons. The molecule has 0 aromatic heterocycles. The number of amides is 1. The summed E-state index contributed by atoms with van der Waals surface area (Å²) in [6.45, 7) is 15.6. The molecule has 0 aliphatic carbocycles. The van der Waals surface area contributed by atoms with Crippen molar-refractivity contribution in [1.29, 1.82) is 0 Å². The summed E-state index contributed by atoms with van der Waals surface area (Å²) in [7, 11) is -1.83. The summed E-state index contributed by atoms with van der Waals surface area (Å²) in [6, 6.07) is 10.6. The van der Waals surface area contributed by atoms with Gasteiger partial charge in [-0.1, -0.05) is 69.8 Å². The predicted octanol–water partition coefficient (Wildman–Crippen LogP) is 5.16. The second-order valence-electron chi connectivity index (χ2n) is 7.59. The lowest BCUT2D eigenvalue weighted by atomic mass is 9.88. The molecule has 1 heterocycles. The number of hydrogen-bond acceptors (Lipinski definition) is 1. The van der Waals surface area contributed by atoms with Crippen LogP contribution in [0.25, 0.3) is 0 Å². The van der Waals surface area contributed by atoms with Crippen molar-refractivity contribution < 1.29 is 4.79 Å². The van der Waals surface area contributed by atoms with E-state index in [9.17, 15) is 4.79 Å². The summed E-state index contributed by atoms with van der Waals surface area (Å²) >= 11 is 0. The molecule has 1 fully saturated rings. The molecule has 0 saturated carbocycles. The molecule has 1 aromatic carbocycles. The Balaban J connectivity index is 2.47. The van der Waals surface area contributed by atoms with E-state index in [0.29, 0.717) is 11.5 Å². The lowest BCUT2D eigenvalue weighted by Gasteiger charge is -2.54. The Morgan fingerprint density at radius 3 is 2.09 bits per heavy atom. The van der Waals surface area contributed by atoms with Gasteiger partial charge in [-0.05, 0) is 30.9 Å². The third-order valence-corrected chi connectivity index (χ3v) is 9.97. The van der Waals surface area contributed by atoms with Crippen LogP contribution in [-0.4, -0.2) is 18.7 Å². The number of β-lactam (4-membered cyclic amide) rings is 1. The van der Waals surface area contributed by atoms with Crippen molar-refractivity contribution in [3.8, 4) is 0 Å². The second-order valence-corrected chi connectivity index (χ2v) is 12.3. The highest BCUT2D eigenvalue weighted by molar-refractivity contribution is 6.79. The summed E-state index contributed by atoms with van der Waals surface area (Å²) in [5.74, 6) is 0.861. The molecule has 1 amide bonds. The quantitative estimate of drug-likeness (QED) is 0.427. The Labute approximate surface area is 136 Å². The van der Waals surface area contributed by atoms with Gasteiger partial charge in [0.05, 0.1) is 6.04 Å². The van der Waals surface area contributed by atoms with Crippen molar-refractivity contribution in [2.45, 2.75) is 59.3 Å². The van der Waals surface area contributed by atoms with E-state index in [1.807, 2.05) is 6.07 Å². The van der Waals surface area contributed by atoms with Gasteiger partial charge in [0.25, 0.3) is 0 Å². The standard InChI is InChI=1S/C19H29NOSi/c1-13(2)15(5)22(6,7)20-18(16-11-9-8-10-12-16)17(14(3)4)19(20)21/h8-13,15,18H,1-7H3. The Hall–Kier alpha value is -1.35. The third kappa shape index (κ3) is 2.67. The van der Waals surface area contributed by atoms with Gasteiger partial charge in [-0.2, -0.15) is 0 Å². The van der Waals surface area contributed by atoms with Crippen molar-refractivity contribution >= 4 is 14.1 Å². The first-order chi connectivity index (χ1) is 10.2. The first-order valence-electron chi connectivity index (χ1n) is 8.25. The number of nitrogens with zero attached hydrogens (tertiary/aromatic N) is 1. The van der Waals surface area contributed by atoms with E-state index in [1.54, 1.807) is 0 Å². The maximum Gasteiger partial charge on any atom is 0.244 e. The number of carbonyl (C=O) groups is 1. The highest BCUT2D eigenvalue weighted by Crippen LogP contribution is 2.48. The molecule has 22 heavy (non-hydrogen) atoms. The molecule has 0 spiro atoms. The summed E-state index contributed by atoms with van der Waals surface area (Å²) in [5, 5.41) is 0. The first-order valence-corrected chi connectivity index (χ1v) is 11.3. The average Bonchev–Trinajstić information content (AvgIpc) is 2.43. The monoisotopic (exact) mass is 315 g/mol. The molecule has 1 saturated heterocycles. The number of carbonyl (C=O) groups excluding carboxylic acids is 1. The maximum atomic E-state index is 12.9. The van der Waals surface area contributed by atoms with Crippen LogP contribution in [0.2, 0.25) is 18.6 Å². The lowest BCUT2D eigenvalue weighted by Crippen LogP contribution is -2.64. The Morgan fingerprint density at radius 2 is 1.64 bits per heavy atom. The summed E-state index contributed by atoms with van der Waals surface area (Å²) in [6.07, 6.45) is 0. The second kappa shape index (κ2) is 6.03. The van der Waals surface area contributed by atoms with Gasteiger partial charge in [0.2, 0.25) is 5.91 Å². The molecule has 0 bridgehead atoms. The van der Waals surface area contributed by atoms with E-state index in [1.165, 1.54) is 5.56 Å². The van der Waals surface area contributed by atoms with E-state index in [-0.39, 0.29) is 11.9 Å². The fraction of sp³-hybridized carbons (Fsp3) is 0.526. The summed E-state index contributed by atoms with van der Waals surface area (Å²) in [5.41, 5.74) is 3.97. The van der Waals surface area contributed by atoms with Gasteiger partial charge in [0, 0.05) is 5.57 Å². The predicted molar refractivity (Wildman–Crippen MR) is 96.1 cm³/mol. The van der Waals surface area contributed by atoms with Gasteiger partial charge in [-0.15, -0.1) is 0 Å². The molecule has 0 N–H and O–H groups in total. The van der Waals surface area contributed by atoms with Crippen LogP contribution < -0.4 is 0 Å². The molecule has 3 heteroatoms. The molecule has 2 nitrogen and oxygen atoms in total. The molecule has 2 atom stereocenters. The average molecular weight is 316 g/mol. The number of allylic oxidation sites excluding steroid dienone is 1. The van der Waals surface area contributed by atoms with Crippen LogP contribution in [0, 0.1) is 5.92 Å². The van der Waals surface area contributed by atoms with Gasteiger partial charge < -0.3 is 4.57 Å². The van der Waals surface area contributed by atoms with Crippen LogP contribution in [0.4, 0.5) is 0 Å². The van der Waals surface area contributed by atoms with Gasteiger partial charge >= 0.3 is 0 Å². The molecular weight excluding hydrogens is 286 g/mol. The first kappa shape index (κ1) is 17.0. The van der Waals surface area contributed by atoms with Crippen LogP contribution in [0.15, 0.2) is 41.5 Å². The van der Waals surface area contributed by atoms with Gasteiger partial charge in [-0.25, -0.2) is 0 Å². The minimum atomic E-state index is -1.83. The van der Waals surface area contributed by atoms with Crippen molar-refractivity contribution in [2.24, 2.45) is 5.92 Å². The molecule has 2 unspecified atom stereocenters. The molecule has 1 aliphatic rings. The highest BCUT2D eigenvalue weighted by Gasteiger charge is 2.53. The number of benzene rings is 1. The van der Waals surface area contributed by atoms with Crippen molar-refractivity contribution in [1.82, 2.24) is 4.57 Å². The van der Waals surface area contributed by atoms with Gasteiger partial charge in [0.15, 0.2) is 8.24 Å². The Morgan fingerprint density at radius 1 is 1.09 bits per heavy atom. The van der Waals surface area contributed by atoms with Crippen LogP contribution in [0.5, 0.6) is 0 Å². The van der Waals surface area contributed by atoms with E-state index < -0.39 is 8.24 Å². The van der Waals surface area contributed by atoms with E-state index in [0.717, 1.165) is 11.1 Å². The molecule has 1 aromatic rings. The smallest absolute Gasteiger partial charge is 0.244 e. The molecule has 0 radical (unpaired) electrons. The van der Waals surface area contributed by atoms with Crippen molar-refractivity contribution in [3.05, 3.63) is 47.0 Å². The third-order valence-electron chi connectivity index (χ3n) is 5.37. The highest BCUT2D eigenvalue weighted by atomic mass is 28.3. The summed E-state index contributed by atoms with van der Waals surface area (Å²) in [4.78, 5) is 12.9. The van der Waals surface area contributed by atoms with Crippen LogP contribution in [0.1, 0.15) is 46.2 Å². The largest absolute Gasteiger partial charge is 0.355 e. The number of rotatable bonds is 4. The van der Waals surface area contributed by atoms with Crippen LogP contribution >= 0.6 is 0 Å². The zero-order valence-electron chi connectivity index (χ0n) is 15.0. The normalized spacial score (nSPS) is 20.2. The van der Waals surface area contributed by atoms with E-state index in [4.69, 9.17) is 0 Å². The zero-order valence-corrected chi connectivity index (χ0v) is 16.0. The minimum Gasteiger partial charge on any atom is -0.355 e. The molecule has 1 aliphatic heterocycles. The molecule has 2 rings (SSSR count). The van der Waals surface area contributed by atoms with Crippen molar-refractivity contribution in [3.63, 3.8) is 0 Å². The van der Waals surface area contributed by atoms with Gasteiger partial charge in [-0.3, -0.25) is 4.79 Å². The lowest BCUT2D eigenvalue weighted by molar-refractivity contribution is -0.131. The van der Waals surface area contributed by atoms with Crippen molar-refractivity contribution in [2.75, 3.05) is 0 Å². The fourth-order valence-electron chi connectivity index (χ4n) is 3.49. The topological polar surface area (TPSA) is 20.3 Å². The number of hydrogen-bond donors (Lipinski definition) is 0. The van der Waals surface area contributed by atoms with E-state index >= 15 is 0 Å². The zero-order chi connectivity index (χ0) is 16.7. The maximum absolute atomic E-state index is 12.9. The fourth-order valence-corrected chi connectivity index (χ4v) is 7.15. The Kier molecular flexibility index (Phi) is 4.66. The minimum absolute atomic E-state index is 0.154. The van der Waals surface area contributed by atoms with Crippen LogP contribution in [0.3, 0.4) is 0 Å². The van der Waals surface area contributed by atoms with Crippen LogP contribution in [-0.2, 0) is 4.79 Å². The SMILES string of the molecule is CC(C)=C1C(=O)N([Si](C)(C)C(C)C(C)C)C1c1ccccc1. The Bertz CT molecular complexity index is 585. The summed E-state index contributed by atoms with van der Waals surface area (Å²) < 4.78 is 2.23.